The third-order valence-corrected chi connectivity index (χ3v) is 6.99. The summed E-state index contributed by atoms with van der Waals surface area (Å²) in [6.07, 6.45) is 5.03. The number of rotatable bonds is 4. The number of aromatic nitrogens is 4. The second-order valence-corrected chi connectivity index (χ2v) is 9.76. The van der Waals surface area contributed by atoms with E-state index in [2.05, 4.69) is 32.2 Å². The molecule has 39 heavy (non-hydrogen) atoms. The molecule has 0 radical (unpaired) electrons. The monoisotopic (exact) mass is 531 g/mol. The summed E-state index contributed by atoms with van der Waals surface area (Å²) in [6, 6.07) is 15.7. The first-order chi connectivity index (χ1) is 19.0. The standard InChI is InChI=1S/C30H21N5O3S/c1-18-24(29-32-14-7-15-35(29)34-18)30(37)33-19(2)28-26(20-8-4-3-5-9-20)27(36)25-21(10-6-11-23(25)38-28)12-13-22-16-31-17-39-22/h3-11,14-17,19H,1-2H3,(H,33,37)/t19-/m0/s1. The lowest BCUT2D eigenvalue weighted by molar-refractivity contribution is 0.0936. The van der Waals surface area contributed by atoms with E-state index in [0.29, 0.717) is 50.3 Å². The first kappa shape index (κ1) is 24.3. The molecule has 0 saturated carbocycles. The summed E-state index contributed by atoms with van der Waals surface area (Å²) in [5, 5.41) is 7.76. The lowest BCUT2D eigenvalue weighted by Gasteiger charge is -2.18. The summed E-state index contributed by atoms with van der Waals surface area (Å²) >= 11 is 1.43. The van der Waals surface area contributed by atoms with Gasteiger partial charge in [-0.1, -0.05) is 42.3 Å². The second-order valence-electron chi connectivity index (χ2n) is 8.87. The van der Waals surface area contributed by atoms with E-state index < -0.39 is 6.04 Å². The number of nitrogens with zero attached hydrogens (tertiary/aromatic N) is 4. The molecule has 9 heteroatoms. The summed E-state index contributed by atoms with van der Waals surface area (Å²) in [5.74, 6) is 6.17. The minimum Gasteiger partial charge on any atom is -0.458 e. The van der Waals surface area contributed by atoms with Gasteiger partial charge >= 0.3 is 0 Å². The van der Waals surface area contributed by atoms with Gasteiger partial charge in [-0.2, -0.15) is 5.10 Å². The van der Waals surface area contributed by atoms with Crippen LogP contribution in [0.15, 0.2) is 87.9 Å². The number of hydrogen-bond acceptors (Lipinski definition) is 7. The van der Waals surface area contributed by atoms with Gasteiger partial charge in [0.2, 0.25) is 5.43 Å². The molecule has 1 amide bonds. The van der Waals surface area contributed by atoms with Gasteiger partial charge in [0.05, 0.1) is 39.3 Å². The van der Waals surface area contributed by atoms with Crippen molar-refractivity contribution in [2.45, 2.75) is 19.9 Å². The van der Waals surface area contributed by atoms with E-state index in [1.807, 2.05) is 30.3 Å². The van der Waals surface area contributed by atoms with Gasteiger partial charge in [0.25, 0.3) is 5.91 Å². The number of hydrogen-bond donors (Lipinski definition) is 1. The van der Waals surface area contributed by atoms with Crippen molar-refractivity contribution >= 4 is 33.9 Å². The maximum atomic E-state index is 14.1. The van der Waals surface area contributed by atoms with Crippen LogP contribution in [0, 0.1) is 18.8 Å². The van der Waals surface area contributed by atoms with Crippen LogP contribution in [0.1, 0.15) is 45.2 Å². The molecule has 0 aliphatic rings. The Morgan fingerprint density at radius 1 is 1.10 bits per heavy atom. The van der Waals surface area contributed by atoms with Crippen molar-refractivity contribution in [2.75, 3.05) is 0 Å². The molecule has 0 aliphatic carbocycles. The lowest BCUT2D eigenvalue weighted by atomic mass is 9.97. The van der Waals surface area contributed by atoms with Gasteiger partial charge in [0.15, 0.2) is 5.65 Å². The summed E-state index contributed by atoms with van der Waals surface area (Å²) in [5.41, 5.74) is 4.86. The molecular formula is C30H21N5O3S. The molecule has 0 fully saturated rings. The minimum atomic E-state index is -0.644. The van der Waals surface area contributed by atoms with Gasteiger partial charge in [-0.05, 0) is 43.5 Å². The Bertz CT molecular complexity index is 1970. The lowest BCUT2D eigenvalue weighted by Crippen LogP contribution is -2.28. The fraction of sp³-hybridized carbons (Fsp3) is 0.100. The molecular weight excluding hydrogens is 510 g/mol. The molecule has 190 valence electrons. The van der Waals surface area contributed by atoms with E-state index in [0.717, 1.165) is 4.88 Å². The predicted octanol–water partition coefficient (Wildman–Crippen LogP) is 5.16. The quantitative estimate of drug-likeness (QED) is 0.315. The van der Waals surface area contributed by atoms with Gasteiger partial charge in [0, 0.05) is 18.0 Å². The van der Waals surface area contributed by atoms with E-state index >= 15 is 0 Å². The minimum absolute atomic E-state index is 0.221. The van der Waals surface area contributed by atoms with E-state index in [4.69, 9.17) is 4.42 Å². The molecule has 6 aromatic rings. The summed E-state index contributed by atoms with van der Waals surface area (Å²) in [4.78, 5) is 36.7. The smallest absolute Gasteiger partial charge is 0.257 e. The van der Waals surface area contributed by atoms with E-state index in [1.54, 1.807) is 66.7 Å². The molecule has 0 aliphatic heterocycles. The van der Waals surface area contributed by atoms with E-state index in [1.165, 1.54) is 11.3 Å². The molecule has 1 atom stereocenters. The fourth-order valence-corrected chi connectivity index (χ4v) is 5.01. The van der Waals surface area contributed by atoms with Gasteiger partial charge in [-0.25, -0.2) is 9.50 Å². The Morgan fingerprint density at radius 3 is 2.74 bits per heavy atom. The number of aryl methyl sites for hydroxylation is 1. The zero-order valence-corrected chi connectivity index (χ0v) is 21.8. The van der Waals surface area contributed by atoms with Gasteiger partial charge < -0.3 is 9.73 Å². The molecule has 4 aromatic heterocycles. The third kappa shape index (κ3) is 4.47. The van der Waals surface area contributed by atoms with Crippen LogP contribution >= 0.6 is 11.3 Å². The van der Waals surface area contributed by atoms with Crippen LogP contribution in [0.4, 0.5) is 0 Å². The van der Waals surface area contributed by atoms with Gasteiger partial charge in [0.1, 0.15) is 16.9 Å². The number of thiazole rings is 1. The van der Waals surface area contributed by atoms with Crippen molar-refractivity contribution in [3.63, 3.8) is 0 Å². The van der Waals surface area contributed by atoms with Gasteiger partial charge in [-0.15, -0.1) is 11.3 Å². The normalized spacial score (nSPS) is 11.7. The SMILES string of the molecule is Cc1nn2cccnc2c1C(=O)N[C@@H](C)c1oc2cccc(C#Cc3cncs3)c2c(=O)c1-c1ccccc1. The molecule has 0 spiro atoms. The maximum Gasteiger partial charge on any atom is 0.257 e. The molecule has 8 nitrogen and oxygen atoms in total. The highest BCUT2D eigenvalue weighted by Crippen LogP contribution is 2.30. The topological polar surface area (TPSA) is 102 Å². The molecule has 0 saturated heterocycles. The maximum absolute atomic E-state index is 14.1. The Balaban J connectivity index is 1.48. The Hall–Kier alpha value is -5.07. The molecule has 4 heterocycles. The number of fused-ring (bicyclic) bond motifs is 2. The van der Waals surface area contributed by atoms with Crippen LogP contribution in [0.2, 0.25) is 0 Å². The number of amides is 1. The second kappa shape index (κ2) is 10.0. The van der Waals surface area contributed by atoms with Crippen molar-refractivity contribution in [3.8, 4) is 23.0 Å². The number of carbonyl (C=O) groups is 1. The van der Waals surface area contributed by atoms with Crippen LogP contribution in [-0.2, 0) is 0 Å². The number of carbonyl (C=O) groups excluding carboxylic acids is 1. The van der Waals surface area contributed by atoms with E-state index in [9.17, 15) is 9.59 Å². The molecule has 1 N–H and O–H groups in total. The average molecular weight is 532 g/mol. The van der Waals surface area contributed by atoms with Crippen molar-refractivity contribution in [1.29, 1.82) is 0 Å². The Labute approximate surface area is 227 Å². The third-order valence-electron chi connectivity index (χ3n) is 6.30. The zero-order chi connectivity index (χ0) is 26.9. The Morgan fingerprint density at radius 2 is 1.95 bits per heavy atom. The van der Waals surface area contributed by atoms with Crippen molar-refractivity contribution in [3.05, 3.63) is 116 Å². The van der Waals surface area contributed by atoms with Crippen LogP contribution in [0.5, 0.6) is 0 Å². The van der Waals surface area contributed by atoms with Crippen molar-refractivity contribution in [1.82, 2.24) is 24.9 Å². The van der Waals surface area contributed by atoms with Crippen LogP contribution in [-0.4, -0.2) is 25.5 Å². The first-order valence-electron chi connectivity index (χ1n) is 12.2. The first-order valence-corrected chi connectivity index (χ1v) is 13.1. The van der Waals surface area contributed by atoms with Gasteiger partial charge in [-0.3, -0.25) is 14.6 Å². The highest BCUT2D eigenvalue weighted by atomic mass is 32.1. The average Bonchev–Trinajstić information content (AvgIpc) is 3.59. The summed E-state index contributed by atoms with van der Waals surface area (Å²) in [6.45, 7) is 3.55. The van der Waals surface area contributed by atoms with Crippen LogP contribution < -0.4 is 10.7 Å². The summed E-state index contributed by atoms with van der Waals surface area (Å²) in [7, 11) is 0. The molecule has 0 bridgehead atoms. The van der Waals surface area contributed by atoms with E-state index in [-0.39, 0.29) is 11.3 Å². The molecule has 2 aromatic carbocycles. The number of nitrogens with one attached hydrogen (secondary N) is 1. The molecule has 6 rings (SSSR count). The number of benzene rings is 2. The fourth-order valence-electron chi connectivity index (χ4n) is 4.55. The van der Waals surface area contributed by atoms with Crippen molar-refractivity contribution < 1.29 is 9.21 Å². The summed E-state index contributed by atoms with van der Waals surface area (Å²) < 4.78 is 7.94. The van der Waals surface area contributed by atoms with Crippen LogP contribution in [0.3, 0.4) is 0 Å². The highest BCUT2D eigenvalue weighted by Gasteiger charge is 2.26. The van der Waals surface area contributed by atoms with Crippen molar-refractivity contribution in [2.24, 2.45) is 0 Å². The largest absolute Gasteiger partial charge is 0.458 e. The highest BCUT2D eigenvalue weighted by molar-refractivity contribution is 7.10. The molecule has 0 unspecified atom stereocenters. The Kier molecular flexibility index (Phi) is 6.23. The predicted molar refractivity (Wildman–Crippen MR) is 150 cm³/mol. The zero-order valence-electron chi connectivity index (χ0n) is 21.0. The van der Waals surface area contributed by atoms with Crippen LogP contribution in [0.25, 0.3) is 27.7 Å².